The lowest BCUT2D eigenvalue weighted by Gasteiger charge is -2.28. The first-order chi connectivity index (χ1) is 16.5. The van der Waals surface area contributed by atoms with Gasteiger partial charge in [-0.05, 0) is 30.2 Å². The van der Waals surface area contributed by atoms with Crippen LogP contribution in [0.4, 0.5) is 18.9 Å². The van der Waals surface area contributed by atoms with Gasteiger partial charge in [-0.3, -0.25) is 9.52 Å². The molecule has 186 valence electrons. The SMILES string of the molecule is CS(=O)(=O)Nc1ccc(-c2nnn3c2CN(C(=O)C[C@H](N)Cc2cc(F)c(F)cc2F)CC3)cc1. The van der Waals surface area contributed by atoms with Crippen LogP contribution in [0, 0.1) is 17.5 Å². The van der Waals surface area contributed by atoms with Crippen molar-refractivity contribution in [2.45, 2.75) is 32.0 Å². The summed E-state index contributed by atoms with van der Waals surface area (Å²) in [7, 11) is -3.40. The van der Waals surface area contributed by atoms with Crippen LogP contribution in [0.1, 0.15) is 17.7 Å². The summed E-state index contributed by atoms with van der Waals surface area (Å²) in [6.45, 7) is 1.00. The Kier molecular flexibility index (Phi) is 6.81. The molecule has 2 aromatic carbocycles. The minimum Gasteiger partial charge on any atom is -0.335 e. The third-order valence-electron chi connectivity index (χ3n) is 5.58. The van der Waals surface area contributed by atoms with Crippen molar-refractivity contribution in [2.24, 2.45) is 5.73 Å². The predicted octanol–water partition coefficient (Wildman–Crippen LogP) is 2.04. The Morgan fingerprint density at radius 3 is 2.49 bits per heavy atom. The summed E-state index contributed by atoms with van der Waals surface area (Å²) in [5.41, 5.74) is 8.28. The topological polar surface area (TPSA) is 123 Å². The number of carbonyl (C=O) groups excluding carboxylic acids is 1. The highest BCUT2D eigenvalue weighted by Gasteiger charge is 2.27. The molecular weight excluding hydrogens is 485 g/mol. The molecule has 0 bridgehead atoms. The number of aromatic nitrogens is 3. The van der Waals surface area contributed by atoms with E-state index < -0.39 is 33.5 Å². The second-order valence-corrected chi connectivity index (χ2v) is 10.1. The van der Waals surface area contributed by atoms with Crippen molar-refractivity contribution in [3.63, 3.8) is 0 Å². The van der Waals surface area contributed by atoms with Crippen LogP contribution in [0.15, 0.2) is 36.4 Å². The lowest BCUT2D eigenvalue weighted by molar-refractivity contribution is -0.133. The molecule has 0 spiro atoms. The molecule has 35 heavy (non-hydrogen) atoms. The van der Waals surface area contributed by atoms with Crippen LogP contribution in [0.5, 0.6) is 0 Å². The molecule has 0 saturated carbocycles. The second kappa shape index (κ2) is 9.66. The van der Waals surface area contributed by atoms with Gasteiger partial charge in [0.1, 0.15) is 11.5 Å². The molecule has 3 N–H and O–H groups in total. The van der Waals surface area contributed by atoms with E-state index >= 15 is 0 Å². The average Bonchev–Trinajstić information content (AvgIpc) is 3.20. The quantitative estimate of drug-likeness (QED) is 0.471. The van der Waals surface area contributed by atoms with Crippen LogP contribution in [0.3, 0.4) is 0 Å². The van der Waals surface area contributed by atoms with Crippen molar-refractivity contribution >= 4 is 21.6 Å². The normalized spacial score (nSPS) is 14.5. The summed E-state index contributed by atoms with van der Waals surface area (Å²) >= 11 is 0. The summed E-state index contributed by atoms with van der Waals surface area (Å²) < 4.78 is 67.4. The number of anilines is 1. The third kappa shape index (κ3) is 5.80. The van der Waals surface area contributed by atoms with Crippen LogP contribution in [0.25, 0.3) is 11.3 Å². The molecule has 0 aliphatic carbocycles. The van der Waals surface area contributed by atoms with E-state index in [9.17, 15) is 26.4 Å². The molecule has 2 heterocycles. The van der Waals surface area contributed by atoms with Crippen LogP contribution in [0.2, 0.25) is 0 Å². The maximum atomic E-state index is 13.9. The number of hydrogen-bond donors (Lipinski definition) is 2. The first-order valence-electron chi connectivity index (χ1n) is 10.7. The van der Waals surface area contributed by atoms with E-state index in [1.165, 1.54) is 0 Å². The van der Waals surface area contributed by atoms with Gasteiger partial charge >= 0.3 is 0 Å². The number of benzene rings is 2. The Bertz CT molecular complexity index is 1360. The number of fused-ring (bicyclic) bond motifs is 1. The van der Waals surface area contributed by atoms with Gasteiger partial charge in [0.2, 0.25) is 15.9 Å². The van der Waals surface area contributed by atoms with Crippen molar-refractivity contribution in [3.8, 4) is 11.3 Å². The molecule has 1 aliphatic rings. The van der Waals surface area contributed by atoms with Crippen LogP contribution in [-0.2, 0) is 34.3 Å². The fraction of sp³-hybridized carbons (Fsp3) is 0.318. The molecular formula is C22H23F3N6O3S. The zero-order chi connectivity index (χ0) is 25.3. The maximum absolute atomic E-state index is 13.9. The number of hydrogen-bond acceptors (Lipinski definition) is 6. The number of carbonyl (C=O) groups is 1. The standard InChI is InChI=1S/C22H23F3N6O3S/c1-35(33,34)28-16-4-2-13(3-5-16)22-20-12-30(6-7-31(20)29-27-22)21(32)10-15(26)8-14-9-18(24)19(25)11-17(14)23/h2-5,9,11,15,28H,6-8,10,12,26H2,1H3/t15-/m1/s1. The van der Waals surface area contributed by atoms with Gasteiger partial charge in [-0.25, -0.2) is 26.3 Å². The van der Waals surface area contributed by atoms with Gasteiger partial charge in [0.25, 0.3) is 0 Å². The minimum atomic E-state index is -3.40. The Morgan fingerprint density at radius 2 is 1.80 bits per heavy atom. The minimum absolute atomic E-state index is 0.0961. The zero-order valence-corrected chi connectivity index (χ0v) is 19.5. The Balaban J connectivity index is 1.43. The largest absolute Gasteiger partial charge is 0.335 e. The molecule has 1 aliphatic heterocycles. The van der Waals surface area contributed by atoms with E-state index in [-0.39, 0.29) is 30.9 Å². The number of nitrogens with two attached hydrogens (primary N) is 1. The van der Waals surface area contributed by atoms with Crippen LogP contribution in [-0.4, -0.2) is 53.1 Å². The third-order valence-corrected chi connectivity index (χ3v) is 6.19. The van der Waals surface area contributed by atoms with Gasteiger partial charge in [0.15, 0.2) is 11.6 Å². The summed E-state index contributed by atoms with van der Waals surface area (Å²) in [6, 6.07) is 7.03. The number of nitrogens with one attached hydrogen (secondary N) is 1. The van der Waals surface area contributed by atoms with E-state index in [0.29, 0.717) is 41.8 Å². The van der Waals surface area contributed by atoms with Gasteiger partial charge in [0, 0.05) is 36.3 Å². The fourth-order valence-electron chi connectivity index (χ4n) is 3.92. The summed E-state index contributed by atoms with van der Waals surface area (Å²) in [4.78, 5) is 14.5. The van der Waals surface area contributed by atoms with Gasteiger partial charge in [-0.1, -0.05) is 17.3 Å². The van der Waals surface area contributed by atoms with Gasteiger partial charge < -0.3 is 10.6 Å². The molecule has 0 unspecified atom stereocenters. The van der Waals surface area contributed by atoms with E-state index in [1.807, 2.05) is 0 Å². The van der Waals surface area contributed by atoms with Gasteiger partial charge in [-0.2, -0.15) is 0 Å². The highest BCUT2D eigenvalue weighted by atomic mass is 32.2. The molecule has 0 radical (unpaired) electrons. The lowest BCUT2D eigenvalue weighted by atomic mass is 10.0. The van der Waals surface area contributed by atoms with Crippen molar-refractivity contribution in [2.75, 3.05) is 17.5 Å². The van der Waals surface area contributed by atoms with Crippen LogP contribution >= 0.6 is 0 Å². The highest BCUT2D eigenvalue weighted by Crippen LogP contribution is 2.26. The average molecular weight is 509 g/mol. The fourth-order valence-corrected chi connectivity index (χ4v) is 4.48. The first-order valence-corrected chi connectivity index (χ1v) is 12.6. The second-order valence-electron chi connectivity index (χ2n) is 8.40. The summed E-state index contributed by atoms with van der Waals surface area (Å²) in [5.74, 6) is -3.65. The molecule has 1 aromatic heterocycles. The van der Waals surface area contributed by atoms with Crippen LogP contribution < -0.4 is 10.5 Å². The van der Waals surface area contributed by atoms with Crippen molar-refractivity contribution in [1.82, 2.24) is 19.9 Å². The maximum Gasteiger partial charge on any atom is 0.229 e. The van der Waals surface area contributed by atoms with Crippen molar-refractivity contribution in [1.29, 1.82) is 0 Å². The number of sulfonamides is 1. The molecule has 1 atom stereocenters. The Hall–Kier alpha value is -3.45. The van der Waals surface area contributed by atoms with Gasteiger partial charge in [-0.15, -0.1) is 5.10 Å². The number of amides is 1. The predicted molar refractivity (Wildman–Crippen MR) is 122 cm³/mol. The van der Waals surface area contributed by atoms with Gasteiger partial charge in [0.05, 0.1) is 25.0 Å². The first kappa shape index (κ1) is 24.7. The van der Waals surface area contributed by atoms with Crippen molar-refractivity contribution < 1.29 is 26.4 Å². The molecule has 0 saturated heterocycles. The van der Waals surface area contributed by atoms with E-state index in [4.69, 9.17) is 5.73 Å². The van der Waals surface area contributed by atoms with E-state index in [2.05, 4.69) is 15.0 Å². The Labute approximate surface area is 199 Å². The summed E-state index contributed by atoms with van der Waals surface area (Å²) in [6.07, 6.45) is 0.824. The Morgan fingerprint density at radius 1 is 1.11 bits per heavy atom. The molecule has 1 amide bonds. The molecule has 9 nitrogen and oxygen atoms in total. The lowest BCUT2D eigenvalue weighted by Crippen LogP contribution is -2.41. The smallest absolute Gasteiger partial charge is 0.229 e. The number of rotatable bonds is 7. The van der Waals surface area contributed by atoms with Crippen molar-refractivity contribution in [3.05, 3.63) is 65.1 Å². The summed E-state index contributed by atoms with van der Waals surface area (Å²) in [5, 5.41) is 8.35. The molecule has 4 rings (SSSR count). The molecule has 0 fully saturated rings. The molecule has 3 aromatic rings. The molecule has 13 heteroatoms. The number of halogens is 3. The zero-order valence-electron chi connectivity index (χ0n) is 18.7. The van der Waals surface area contributed by atoms with E-state index in [0.717, 1.165) is 12.3 Å². The monoisotopic (exact) mass is 508 g/mol. The van der Waals surface area contributed by atoms with E-state index in [1.54, 1.807) is 33.8 Å². The highest BCUT2D eigenvalue weighted by molar-refractivity contribution is 7.92. The number of nitrogens with zero attached hydrogens (tertiary/aromatic N) is 4.